The third-order valence-electron chi connectivity index (χ3n) is 3.06. The molecule has 0 bridgehead atoms. The molecule has 124 valence electrons. The van der Waals surface area contributed by atoms with Crippen LogP contribution < -0.4 is 11.1 Å². The molecule has 0 heterocycles. The maximum absolute atomic E-state index is 12.0. The summed E-state index contributed by atoms with van der Waals surface area (Å²) in [7, 11) is 0. The molecule has 0 aromatic heterocycles. The van der Waals surface area contributed by atoms with Gasteiger partial charge in [-0.1, -0.05) is 36.8 Å². The number of carbonyl (C=O) groups excluding carboxylic acids is 2. The van der Waals surface area contributed by atoms with Gasteiger partial charge in [0.2, 0.25) is 5.91 Å². The fourth-order valence-corrected chi connectivity index (χ4v) is 1.72. The summed E-state index contributed by atoms with van der Waals surface area (Å²) in [4.78, 5) is 23.6. The molecule has 0 fully saturated rings. The van der Waals surface area contributed by atoms with E-state index in [0.29, 0.717) is 0 Å². The van der Waals surface area contributed by atoms with Crippen molar-refractivity contribution in [1.82, 2.24) is 5.32 Å². The smallest absolute Gasteiger partial charge is 0.310 e. The van der Waals surface area contributed by atoms with Gasteiger partial charge in [-0.25, -0.2) is 0 Å². The lowest BCUT2D eigenvalue weighted by Gasteiger charge is -2.17. The Balaban J connectivity index is 0.00000441. The largest absolute Gasteiger partial charge is 0.463 e. The normalized spacial score (nSPS) is 13.0. The molecule has 0 spiro atoms. The van der Waals surface area contributed by atoms with Crippen LogP contribution in [0.5, 0.6) is 0 Å². The van der Waals surface area contributed by atoms with Crippen LogP contribution in [-0.4, -0.2) is 24.5 Å². The second kappa shape index (κ2) is 9.43. The molecule has 1 aromatic carbocycles. The van der Waals surface area contributed by atoms with Crippen LogP contribution in [0.4, 0.5) is 0 Å². The molecule has 0 saturated heterocycles. The third kappa shape index (κ3) is 6.45. The number of nitrogens with two attached hydrogens (primary N) is 1. The summed E-state index contributed by atoms with van der Waals surface area (Å²) < 4.78 is 5.08. The minimum Gasteiger partial charge on any atom is -0.463 e. The predicted octanol–water partition coefficient (Wildman–Crippen LogP) is 2.12. The molecule has 0 aliphatic heterocycles. The van der Waals surface area contributed by atoms with Crippen LogP contribution >= 0.6 is 12.4 Å². The Bertz CT molecular complexity index is 489. The van der Waals surface area contributed by atoms with E-state index >= 15 is 0 Å². The first-order valence-electron chi connectivity index (χ1n) is 7.11. The van der Waals surface area contributed by atoms with E-state index in [1.54, 1.807) is 20.8 Å². The van der Waals surface area contributed by atoms with Gasteiger partial charge < -0.3 is 15.8 Å². The summed E-state index contributed by atoms with van der Waals surface area (Å²) in [5.74, 6) is -1.03. The number of amides is 1. The van der Waals surface area contributed by atoms with E-state index in [1.807, 2.05) is 31.2 Å². The van der Waals surface area contributed by atoms with Gasteiger partial charge in [-0.05, 0) is 26.3 Å². The number of carbonyl (C=O) groups is 2. The highest BCUT2D eigenvalue weighted by molar-refractivity contribution is 5.85. The number of hydrogen-bond acceptors (Lipinski definition) is 4. The van der Waals surface area contributed by atoms with Crippen molar-refractivity contribution in [3.63, 3.8) is 0 Å². The van der Waals surface area contributed by atoms with E-state index in [4.69, 9.17) is 10.5 Å². The molecule has 0 radical (unpaired) electrons. The van der Waals surface area contributed by atoms with Gasteiger partial charge in [-0.15, -0.1) is 12.4 Å². The molecule has 2 unspecified atom stereocenters. The topological polar surface area (TPSA) is 81.4 Å². The molecule has 5 nitrogen and oxygen atoms in total. The Morgan fingerprint density at radius 3 is 2.23 bits per heavy atom. The van der Waals surface area contributed by atoms with E-state index in [9.17, 15) is 9.59 Å². The van der Waals surface area contributed by atoms with E-state index < -0.39 is 12.0 Å². The standard InChI is InChI=1S/C16H24N2O3.ClH/c1-10(2)21-16(20)12(4)9-18-15(19)14(17)13-7-5-11(3)6-8-13;/h5-8,10,12,14H,9,17H2,1-4H3,(H,18,19);1H. The summed E-state index contributed by atoms with van der Waals surface area (Å²) in [6.45, 7) is 7.47. The van der Waals surface area contributed by atoms with Crippen LogP contribution in [0, 0.1) is 12.8 Å². The molecule has 1 amide bonds. The lowest BCUT2D eigenvalue weighted by Crippen LogP contribution is -2.38. The maximum Gasteiger partial charge on any atom is 0.310 e. The fraction of sp³-hybridized carbons (Fsp3) is 0.500. The highest BCUT2D eigenvalue weighted by atomic mass is 35.5. The molecule has 2 atom stereocenters. The quantitative estimate of drug-likeness (QED) is 0.784. The molecule has 0 saturated carbocycles. The Morgan fingerprint density at radius 2 is 1.73 bits per heavy atom. The molecule has 0 aliphatic carbocycles. The summed E-state index contributed by atoms with van der Waals surface area (Å²) in [6.07, 6.45) is -0.162. The zero-order chi connectivity index (χ0) is 16.0. The summed E-state index contributed by atoms with van der Waals surface area (Å²) >= 11 is 0. The van der Waals surface area contributed by atoms with Crippen molar-refractivity contribution in [2.45, 2.75) is 39.8 Å². The number of hydrogen-bond donors (Lipinski definition) is 2. The highest BCUT2D eigenvalue weighted by Gasteiger charge is 2.20. The highest BCUT2D eigenvalue weighted by Crippen LogP contribution is 2.11. The molecule has 3 N–H and O–H groups in total. The number of aryl methyl sites for hydroxylation is 1. The maximum atomic E-state index is 12.0. The fourth-order valence-electron chi connectivity index (χ4n) is 1.72. The van der Waals surface area contributed by atoms with Crippen molar-refractivity contribution < 1.29 is 14.3 Å². The van der Waals surface area contributed by atoms with Crippen LogP contribution in [-0.2, 0) is 14.3 Å². The Morgan fingerprint density at radius 1 is 1.18 bits per heavy atom. The molecule has 1 aromatic rings. The van der Waals surface area contributed by atoms with E-state index in [-0.39, 0.29) is 36.9 Å². The van der Waals surface area contributed by atoms with Crippen molar-refractivity contribution in [2.24, 2.45) is 11.7 Å². The first-order chi connectivity index (χ1) is 9.81. The van der Waals surface area contributed by atoms with Crippen LogP contribution in [0.3, 0.4) is 0 Å². The average Bonchev–Trinajstić information content (AvgIpc) is 2.43. The van der Waals surface area contributed by atoms with Gasteiger partial charge >= 0.3 is 5.97 Å². The first kappa shape index (κ1) is 20.4. The van der Waals surface area contributed by atoms with Crippen LogP contribution in [0.1, 0.15) is 37.9 Å². The van der Waals surface area contributed by atoms with Crippen LogP contribution in [0.25, 0.3) is 0 Å². The monoisotopic (exact) mass is 328 g/mol. The minimum absolute atomic E-state index is 0. The van der Waals surface area contributed by atoms with Crippen molar-refractivity contribution in [3.8, 4) is 0 Å². The summed E-state index contributed by atoms with van der Waals surface area (Å²) in [5, 5.41) is 2.68. The van der Waals surface area contributed by atoms with Crippen LogP contribution in [0.2, 0.25) is 0 Å². The SMILES string of the molecule is Cc1ccc(C(N)C(=O)NCC(C)C(=O)OC(C)C)cc1.Cl. The van der Waals surface area contributed by atoms with E-state index in [0.717, 1.165) is 11.1 Å². The van der Waals surface area contributed by atoms with Crippen molar-refractivity contribution >= 4 is 24.3 Å². The summed E-state index contributed by atoms with van der Waals surface area (Å²) in [5.41, 5.74) is 7.76. The molecule has 1 rings (SSSR count). The van der Waals surface area contributed by atoms with Gasteiger partial charge in [0.05, 0.1) is 12.0 Å². The second-order valence-corrected chi connectivity index (χ2v) is 5.52. The van der Waals surface area contributed by atoms with Gasteiger partial charge in [-0.2, -0.15) is 0 Å². The third-order valence-corrected chi connectivity index (χ3v) is 3.06. The van der Waals surface area contributed by atoms with Crippen molar-refractivity contribution in [2.75, 3.05) is 6.54 Å². The summed E-state index contributed by atoms with van der Waals surface area (Å²) in [6, 6.07) is 6.74. The lowest BCUT2D eigenvalue weighted by molar-refractivity contribution is -0.151. The van der Waals surface area contributed by atoms with Gasteiger partial charge in [0.25, 0.3) is 0 Å². The number of halogens is 1. The molecular weight excluding hydrogens is 304 g/mol. The number of rotatable bonds is 6. The van der Waals surface area contributed by atoms with Gasteiger partial charge in [0.1, 0.15) is 6.04 Å². The van der Waals surface area contributed by atoms with E-state index in [2.05, 4.69) is 5.32 Å². The number of esters is 1. The Labute approximate surface area is 138 Å². The lowest BCUT2D eigenvalue weighted by atomic mass is 10.0. The molecule has 6 heteroatoms. The van der Waals surface area contributed by atoms with Gasteiger partial charge in [0, 0.05) is 6.54 Å². The Kier molecular flexibility index (Phi) is 8.75. The Hall–Kier alpha value is -1.59. The van der Waals surface area contributed by atoms with Crippen molar-refractivity contribution in [3.05, 3.63) is 35.4 Å². The number of benzene rings is 1. The zero-order valence-corrected chi connectivity index (χ0v) is 14.3. The molecule has 22 heavy (non-hydrogen) atoms. The average molecular weight is 329 g/mol. The number of nitrogens with one attached hydrogen (secondary N) is 1. The van der Waals surface area contributed by atoms with E-state index in [1.165, 1.54) is 0 Å². The first-order valence-corrected chi connectivity index (χ1v) is 7.11. The van der Waals surface area contributed by atoms with Crippen LogP contribution in [0.15, 0.2) is 24.3 Å². The van der Waals surface area contributed by atoms with Crippen molar-refractivity contribution in [1.29, 1.82) is 0 Å². The van der Waals surface area contributed by atoms with Gasteiger partial charge in [-0.3, -0.25) is 9.59 Å². The van der Waals surface area contributed by atoms with Gasteiger partial charge in [0.15, 0.2) is 0 Å². The molecular formula is C16H25ClN2O3. The molecule has 0 aliphatic rings. The zero-order valence-electron chi connectivity index (χ0n) is 13.5. The predicted molar refractivity (Wildman–Crippen MR) is 88.8 cm³/mol. The second-order valence-electron chi connectivity index (χ2n) is 5.52. The number of ether oxygens (including phenoxy) is 1. The minimum atomic E-state index is -0.737.